The lowest BCUT2D eigenvalue weighted by Crippen LogP contribution is -2.59. The van der Waals surface area contributed by atoms with Crippen LogP contribution in [0.4, 0.5) is 0 Å². The van der Waals surface area contributed by atoms with Crippen LogP contribution in [0.3, 0.4) is 0 Å². The van der Waals surface area contributed by atoms with E-state index < -0.39 is 30.7 Å². The maximum Gasteiger partial charge on any atom is 0.184 e. The predicted molar refractivity (Wildman–Crippen MR) is 94.0 cm³/mol. The molecule has 0 aromatic heterocycles. The van der Waals surface area contributed by atoms with Crippen LogP contribution in [0.15, 0.2) is 60.7 Å². The monoisotopic (exact) mass is 360 g/mol. The molecule has 3 rings (SSSR count). The van der Waals surface area contributed by atoms with Crippen molar-refractivity contribution >= 4 is 0 Å². The van der Waals surface area contributed by atoms with Crippen LogP contribution in [0.1, 0.15) is 11.1 Å². The van der Waals surface area contributed by atoms with Gasteiger partial charge in [0.1, 0.15) is 24.4 Å². The Labute approximate surface area is 152 Å². The van der Waals surface area contributed by atoms with Crippen LogP contribution in [-0.4, -0.2) is 52.6 Å². The third-order valence-corrected chi connectivity index (χ3v) is 4.34. The molecule has 0 bridgehead atoms. The molecule has 1 saturated heterocycles. The lowest BCUT2D eigenvalue weighted by atomic mass is 9.99. The molecule has 1 heterocycles. The summed E-state index contributed by atoms with van der Waals surface area (Å²) in [6.45, 7) is 0.750. The molecule has 0 aliphatic carbocycles. The minimum absolute atomic E-state index is 0.120. The van der Waals surface area contributed by atoms with Crippen molar-refractivity contribution in [3.8, 4) is 0 Å². The number of ether oxygens (including phenoxy) is 3. The topological polar surface area (TPSA) is 88.4 Å². The highest BCUT2D eigenvalue weighted by Crippen LogP contribution is 2.24. The fraction of sp³-hybridized carbons (Fsp3) is 0.400. The van der Waals surface area contributed by atoms with Gasteiger partial charge in [0, 0.05) is 0 Å². The van der Waals surface area contributed by atoms with Crippen LogP contribution < -0.4 is 0 Å². The molecule has 26 heavy (non-hydrogen) atoms. The summed E-state index contributed by atoms with van der Waals surface area (Å²) in [6.07, 6.45) is -5.69. The number of hydrogen-bond donors (Lipinski definition) is 3. The Kier molecular flexibility index (Phi) is 6.73. The summed E-state index contributed by atoms with van der Waals surface area (Å²) < 4.78 is 16.9. The van der Waals surface area contributed by atoms with Gasteiger partial charge >= 0.3 is 0 Å². The summed E-state index contributed by atoms with van der Waals surface area (Å²) in [5.74, 6) is 0. The van der Waals surface area contributed by atoms with Crippen LogP contribution in [0.2, 0.25) is 0 Å². The zero-order valence-electron chi connectivity index (χ0n) is 14.3. The minimum Gasteiger partial charge on any atom is -0.387 e. The van der Waals surface area contributed by atoms with Gasteiger partial charge in [-0.3, -0.25) is 0 Å². The molecule has 0 amide bonds. The van der Waals surface area contributed by atoms with Crippen molar-refractivity contribution < 1.29 is 29.5 Å². The number of aliphatic hydroxyl groups excluding tert-OH is 3. The van der Waals surface area contributed by atoms with E-state index in [0.717, 1.165) is 11.1 Å². The normalized spacial score (nSPS) is 28.8. The van der Waals surface area contributed by atoms with E-state index in [1.165, 1.54) is 0 Å². The fourth-order valence-corrected chi connectivity index (χ4v) is 2.89. The molecule has 5 atom stereocenters. The molecule has 0 spiro atoms. The molecule has 3 N–H and O–H groups in total. The van der Waals surface area contributed by atoms with Gasteiger partial charge in [-0.2, -0.15) is 0 Å². The highest BCUT2D eigenvalue weighted by molar-refractivity contribution is 5.14. The average Bonchev–Trinajstić information content (AvgIpc) is 2.67. The van der Waals surface area contributed by atoms with E-state index in [1.54, 1.807) is 0 Å². The van der Waals surface area contributed by atoms with Crippen LogP contribution >= 0.6 is 0 Å². The lowest BCUT2D eigenvalue weighted by molar-refractivity contribution is -0.298. The van der Waals surface area contributed by atoms with Crippen molar-refractivity contribution in [1.82, 2.24) is 0 Å². The highest BCUT2D eigenvalue weighted by Gasteiger charge is 2.44. The Balaban J connectivity index is 1.59. The minimum atomic E-state index is -1.48. The first-order valence-electron chi connectivity index (χ1n) is 8.62. The van der Waals surface area contributed by atoms with Gasteiger partial charge in [0.15, 0.2) is 6.29 Å². The molecule has 140 valence electrons. The SMILES string of the molecule is O[C@@H]1[C@@H](O)[C@@H](O)O[C@H](COCc2ccccc2)[C@H]1OCc1ccccc1. The number of hydrogen-bond acceptors (Lipinski definition) is 6. The van der Waals surface area contributed by atoms with Gasteiger partial charge in [-0.05, 0) is 11.1 Å². The molecule has 2 aromatic rings. The van der Waals surface area contributed by atoms with Crippen molar-refractivity contribution in [3.05, 3.63) is 71.8 Å². The lowest BCUT2D eigenvalue weighted by Gasteiger charge is -2.40. The number of aliphatic hydroxyl groups is 3. The van der Waals surface area contributed by atoms with Crippen LogP contribution in [0.5, 0.6) is 0 Å². The second kappa shape index (κ2) is 9.23. The number of benzene rings is 2. The molecule has 0 saturated carbocycles. The van der Waals surface area contributed by atoms with E-state index in [9.17, 15) is 15.3 Å². The Morgan fingerprint density at radius 2 is 1.35 bits per heavy atom. The molecule has 1 aliphatic heterocycles. The first-order valence-corrected chi connectivity index (χ1v) is 8.62. The standard InChI is InChI=1S/C20H24O6/c21-17-18(22)20(23)26-16(13-24-11-14-7-3-1-4-8-14)19(17)25-12-15-9-5-2-6-10-15/h1-10,16-23H,11-13H2/t16-,17-,18-,19-,20+/m1/s1. The largest absolute Gasteiger partial charge is 0.387 e. The van der Waals surface area contributed by atoms with Crippen molar-refractivity contribution in [3.63, 3.8) is 0 Å². The molecule has 6 nitrogen and oxygen atoms in total. The molecule has 0 radical (unpaired) electrons. The third-order valence-electron chi connectivity index (χ3n) is 4.34. The summed E-state index contributed by atoms with van der Waals surface area (Å²) in [6, 6.07) is 19.2. The van der Waals surface area contributed by atoms with E-state index >= 15 is 0 Å². The summed E-state index contributed by atoms with van der Waals surface area (Å²) in [4.78, 5) is 0. The van der Waals surface area contributed by atoms with Crippen molar-refractivity contribution in [2.75, 3.05) is 6.61 Å². The first kappa shape index (κ1) is 19.0. The van der Waals surface area contributed by atoms with E-state index in [-0.39, 0.29) is 13.2 Å². The van der Waals surface area contributed by atoms with E-state index in [2.05, 4.69) is 0 Å². The van der Waals surface area contributed by atoms with Crippen LogP contribution in [0.25, 0.3) is 0 Å². The van der Waals surface area contributed by atoms with Gasteiger partial charge in [-0.15, -0.1) is 0 Å². The summed E-state index contributed by atoms with van der Waals surface area (Å²) in [5, 5.41) is 30.0. The smallest absolute Gasteiger partial charge is 0.184 e. The van der Waals surface area contributed by atoms with Gasteiger partial charge in [-0.25, -0.2) is 0 Å². The fourth-order valence-electron chi connectivity index (χ4n) is 2.89. The van der Waals surface area contributed by atoms with E-state index in [1.807, 2.05) is 60.7 Å². The van der Waals surface area contributed by atoms with Gasteiger partial charge in [0.25, 0.3) is 0 Å². The van der Waals surface area contributed by atoms with Crippen LogP contribution in [0, 0.1) is 0 Å². The Morgan fingerprint density at radius 1 is 0.769 bits per heavy atom. The molecular weight excluding hydrogens is 336 g/mol. The van der Waals surface area contributed by atoms with Gasteiger partial charge in [-0.1, -0.05) is 60.7 Å². The Morgan fingerprint density at radius 3 is 1.96 bits per heavy atom. The molecule has 1 aliphatic rings. The van der Waals surface area contributed by atoms with Crippen molar-refractivity contribution in [2.24, 2.45) is 0 Å². The quantitative estimate of drug-likeness (QED) is 0.688. The molecular formula is C20H24O6. The molecule has 0 unspecified atom stereocenters. The van der Waals surface area contributed by atoms with Gasteiger partial charge < -0.3 is 29.5 Å². The molecule has 6 heteroatoms. The number of rotatable bonds is 7. The van der Waals surface area contributed by atoms with Gasteiger partial charge in [0.05, 0.1) is 19.8 Å². The van der Waals surface area contributed by atoms with E-state index in [0.29, 0.717) is 6.61 Å². The summed E-state index contributed by atoms with van der Waals surface area (Å²) >= 11 is 0. The van der Waals surface area contributed by atoms with E-state index in [4.69, 9.17) is 14.2 Å². The highest BCUT2D eigenvalue weighted by atomic mass is 16.7. The first-order chi connectivity index (χ1) is 12.6. The molecule has 2 aromatic carbocycles. The average molecular weight is 360 g/mol. The Hall–Kier alpha value is -1.80. The third kappa shape index (κ3) is 4.88. The maximum atomic E-state index is 10.3. The van der Waals surface area contributed by atoms with Crippen molar-refractivity contribution in [2.45, 2.75) is 43.9 Å². The van der Waals surface area contributed by atoms with Gasteiger partial charge in [0.2, 0.25) is 0 Å². The summed E-state index contributed by atoms with van der Waals surface area (Å²) in [5.41, 5.74) is 1.94. The zero-order valence-corrected chi connectivity index (χ0v) is 14.3. The maximum absolute atomic E-state index is 10.3. The second-order valence-electron chi connectivity index (χ2n) is 6.31. The van der Waals surface area contributed by atoms with Crippen molar-refractivity contribution in [1.29, 1.82) is 0 Å². The predicted octanol–water partition coefficient (Wildman–Crippen LogP) is 1.23. The molecule has 1 fully saturated rings. The zero-order chi connectivity index (χ0) is 18.4. The summed E-state index contributed by atoms with van der Waals surface area (Å²) in [7, 11) is 0. The second-order valence-corrected chi connectivity index (χ2v) is 6.31. The van der Waals surface area contributed by atoms with Crippen LogP contribution in [-0.2, 0) is 27.4 Å². The Bertz CT molecular complexity index is 650.